The monoisotopic (exact) mass is 479 g/mol. The van der Waals surface area contributed by atoms with Gasteiger partial charge in [0.25, 0.3) is 0 Å². The molecule has 0 N–H and O–H groups in total. The van der Waals surface area contributed by atoms with Crippen LogP contribution in [0, 0.1) is 29.1 Å². The van der Waals surface area contributed by atoms with Crippen LogP contribution in [0.4, 0.5) is 0 Å². The van der Waals surface area contributed by atoms with Crippen LogP contribution in [0.25, 0.3) is 0 Å². The van der Waals surface area contributed by atoms with E-state index in [-0.39, 0.29) is 17.5 Å². The molecular weight excluding hydrogens is 438 g/mol. The summed E-state index contributed by atoms with van der Waals surface area (Å²) in [6.07, 6.45) is 0.431. The number of ketones is 2. The van der Waals surface area contributed by atoms with Crippen molar-refractivity contribution in [1.29, 1.82) is 0 Å². The first-order valence-corrected chi connectivity index (χ1v) is 12.4. The summed E-state index contributed by atoms with van der Waals surface area (Å²) in [7, 11) is 3.42. The van der Waals surface area contributed by atoms with Crippen molar-refractivity contribution in [2.45, 2.75) is 91.1 Å². The number of likely N-dealkylation sites (N-methyl/N-ethyl adjacent to an activating group) is 1. The molecule has 3 aliphatic heterocycles. The Bertz CT molecular complexity index is 873. The van der Waals surface area contributed by atoms with Gasteiger partial charge in [-0.2, -0.15) is 0 Å². The van der Waals surface area contributed by atoms with E-state index < -0.39 is 58.5 Å². The Kier molecular flexibility index (Phi) is 7.10. The summed E-state index contributed by atoms with van der Waals surface area (Å²) >= 11 is 0. The molecule has 0 spiro atoms. The lowest BCUT2D eigenvalue weighted by molar-refractivity contribution is -0.187. The molecule has 1 unspecified atom stereocenters. The Morgan fingerprint density at radius 3 is 2.15 bits per heavy atom. The van der Waals surface area contributed by atoms with E-state index in [1.54, 1.807) is 27.9 Å². The molecule has 0 aliphatic carbocycles. The predicted octanol–water partition coefficient (Wildman–Crippen LogP) is 2.81. The Balaban J connectivity index is 2.15. The van der Waals surface area contributed by atoms with Crippen LogP contribution < -0.4 is 0 Å². The maximum atomic E-state index is 14.1. The molecule has 0 saturated carbocycles. The quantitative estimate of drug-likeness (QED) is 0.440. The molecule has 0 aromatic heterocycles. The standard InChI is InChI=1S/C26H41NO7/c1-10-17-26(7)20-18(23(31)34-26)27(8)13-25(20,6)21(29)15(3)12-24(5,32-9)11-14(2)19(28)16(4)22(30)33-17/h14-18,20H,10-13H2,1-9H3/t14-,15-,16-,17-,18+,20?,24+,25+,26-/m1/s1. The molecule has 192 valence electrons. The lowest BCUT2D eigenvalue weighted by atomic mass is 9.62. The van der Waals surface area contributed by atoms with Crippen molar-refractivity contribution in [3.8, 4) is 0 Å². The number of methoxy groups -OCH3 is 1. The fourth-order valence-corrected chi connectivity index (χ4v) is 7.11. The highest BCUT2D eigenvalue weighted by molar-refractivity contribution is 5.99. The zero-order chi connectivity index (χ0) is 25.8. The van der Waals surface area contributed by atoms with Gasteiger partial charge < -0.3 is 14.2 Å². The number of hydrogen-bond donors (Lipinski definition) is 0. The number of carbonyl (C=O) groups is 4. The molecule has 0 amide bonds. The summed E-state index contributed by atoms with van der Waals surface area (Å²) in [4.78, 5) is 55.2. The molecule has 8 heteroatoms. The van der Waals surface area contributed by atoms with Crippen LogP contribution >= 0.6 is 0 Å². The first-order valence-electron chi connectivity index (χ1n) is 12.4. The first-order chi connectivity index (χ1) is 15.6. The average Bonchev–Trinajstić information content (AvgIpc) is 3.22. The van der Waals surface area contributed by atoms with E-state index in [4.69, 9.17) is 14.2 Å². The normalized spacial score (nSPS) is 46.6. The molecule has 9 atom stereocenters. The topological polar surface area (TPSA) is 99.2 Å². The number of Topliss-reactive ketones (excluding diaryl/α,β-unsaturated/α-hetero) is 2. The van der Waals surface area contributed by atoms with Crippen LogP contribution in [0.1, 0.15) is 67.7 Å². The molecule has 34 heavy (non-hydrogen) atoms. The molecule has 0 aromatic rings. The second-order valence-corrected chi connectivity index (χ2v) is 11.5. The summed E-state index contributed by atoms with van der Waals surface area (Å²) in [5.41, 5.74) is -2.80. The number of esters is 2. The van der Waals surface area contributed by atoms with Gasteiger partial charge in [-0.05, 0) is 47.1 Å². The van der Waals surface area contributed by atoms with Crippen LogP contribution in [0.15, 0.2) is 0 Å². The van der Waals surface area contributed by atoms with Crippen LogP contribution in [0.2, 0.25) is 0 Å². The SMILES string of the molecule is CC[C@H]1OC(=O)[C@H](C)C(=O)[C@H](C)C[C@](C)(OC)C[C@@H](C)C(=O)[C@@]2(C)CN(C)[C@@H]3C(=O)O[C@@]1(C)C32. The maximum Gasteiger partial charge on any atom is 0.324 e. The number of cyclic esters (lactones) is 1. The van der Waals surface area contributed by atoms with Gasteiger partial charge in [0, 0.05) is 36.8 Å². The van der Waals surface area contributed by atoms with Gasteiger partial charge >= 0.3 is 11.9 Å². The van der Waals surface area contributed by atoms with Crippen LogP contribution in [0.3, 0.4) is 0 Å². The summed E-state index contributed by atoms with van der Waals surface area (Å²) in [5, 5.41) is 0. The number of rotatable bonds is 2. The van der Waals surface area contributed by atoms with Crippen molar-refractivity contribution in [3.63, 3.8) is 0 Å². The van der Waals surface area contributed by atoms with Gasteiger partial charge in [-0.3, -0.25) is 24.1 Å². The van der Waals surface area contributed by atoms with Gasteiger partial charge in [0.1, 0.15) is 29.6 Å². The third kappa shape index (κ3) is 4.11. The van der Waals surface area contributed by atoms with Crippen molar-refractivity contribution in [2.24, 2.45) is 29.1 Å². The second-order valence-electron chi connectivity index (χ2n) is 11.5. The number of hydrogen-bond acceptors (Lipinski definition) is 8. The smallest absolute Gasteiger partial charge is 0.324 e. The van der Waals surface area contributed by atoms with E-state index in [1.807, 2.05) is 39.6 Å². The zero-order valence-electron chi connectivity index (χ0n) is 22.1. The minimum atomic E-state index is -1.19. The molecule has 0 aromatic carbocycles. The van der Waals surface area contributed by atoms with Crippen LogP contribution in [0.5, 0.6) is 0 Å². The Labute approximate surface area is 203 Å². The lowest BCUT2D eigenvalue weighted by Crippen LogP contribution is -2.56. The maximum absolute atomic E-state index is 14.1. The molecule has 3 saturated heterocycles. The summed E-state index contributed by atoms with van der Waals surface area (Å²) < 4.78 is 17.7. The lowest BCUT2D eigenvalue weighted by Gasteiger charge is -2.43. The zero-order valence-corrected chi connectivity index (χ0v) is 22.1. The molecule has 3 heterocycles. The van der Waals surface area contributed by atoms with Gasteiger partial charge in [-0.15, -0.1) is 0 Å². The van der Waals surface area contributed by atoms with E-state index in [2.05, 4.69) is 0 Å². The van der Waals surface area contributed by atoms with Crippen molar-refractivity contribution in [2.75, 3.05) is 20.7 Å². The van der Waals surface area contributed by atoms with E-state index >= 15 is 0 Å². The molecule has 0 bridgehead atoms. The third-order valence-electron chi connectivity index (χ3n) is 8.75. The van der Waals surface area contributed by atoms with Gasteiger partial charge in [0.2, 0.25) is 0 Å². The van der Waals surface area contributed by atoms with Crippen molar-refractivity contribution < 1.29 is 33.4 Å². The van der Waals surface area contributed by atoms with Crippen LogP contribution in [-0.2, 0) is 33.4 Å². The van der Waals surface area contributed by atoms with Gasteiger partial charge in [-0.1, -0.05) is 27.7 Å². The van der Waals surface area contributed by atoms with E-state index in [0.29, 0.717) is 25.8 Å². The number of ether oxygens (including phenoxy) is 3. The Hall–Kier alpha value is -1.80. The highest BCUT2D eigenvalue weighted by Crippen LogP contribution is 2.55. The largest absolute Gasteiger partial charge is 0.458 e. The molecule has 3 aliphatic rings. The minimum absolute atomic E-state index is 0.0326. The number of carbonyl (C=O) groups excluding carboxylic acids is 4. The predicted molar refractivity (Wildman–Crippen MR) is 125 cm³/mol. The van der Waals surface area contributed by atoms with E-state index in [9.17, 15) is 19.2 Å². The summed E-state index contributed by atoms with van der Waals surface area (Å²) in [5.74, 6) is -3.50. The molecule has 3 rings (SSSR count). The van der Waals surface area contributed by atoms with E-state index in [0.717, 1.165) is 0 Å². The summed E-state index contributed by atoms with van der Waals surface area (Å²) in [6.45, 7) is 13.1. The van der Waals surface area contributed by atoms with Crippen molar-refractivity contribution in [3.05, 3.63) is 0 Å². The molecular formula is C26H41NO7. The molecule has 0 radical (unpaired) electrons. The van der Waals surface area contributed by atoms with E-state index in [1.165, 1.54) is 0 Å². The second kappa shape index (κ2) is 9.01. The Morgan fingerprint density at radius 1 is 1.00 bits per heavy atom. The minimum Gasteiger partial charge on any atom is -0.458 e. The number of likely N-dealkylation sites (tertiary alicyclic amines) is 1. The van der Waals surface area contributed by atoms with Gasteiger partial charge in [-0.25, -0.2) is 0 Å². The summed E-state index contributed by atoms with van der Waals surface area (Å²) in [6, 6.07) is -0.598. The van der Waals surface area contributed by atoms with Crippen molar-refractivity contribution in [1.82, 2.24) is 4.90 Å². The first kappa shape index (κ1) is 26.8. The third-order valence-corrected chi connectivity index (χ3v) is 8.75. The highest BCUT2D eigenvalue weighted by atomic mass is 16.6. The van der Waals surface area contributed by atoms with Gasteiger partial charge in [0.05, 0.1) is 5.60 Å². The number of nitrogens with zero attached hydrogens (tertiary/aromatic N) is 1. The Morgan fingerprint density at radius 2 is 1.59 bits per heavy atom. The van der Waals surface area contributed by atoms with Crippen molar-refractivity contribution >= 4 is 23.5 Å². The molecule has 8 nitrogen and oxygen atoms in total. The van der Waals surface area contributed by atoms with Gasteiger partial charge in [0.15, 0.2) is 5.60 Å². The fraction of sp³-hybridized carbons (Fsp3) is 0.846. The highest BCUT2D eigenvalue weighted by Gasteiger charge is 2.70. The van der Waals surface area contributed by atoms with Crippen LogP contribution in [-0.4, -0.2) is 72.5 Å². The average molecular weight is 480 g/mol. The fourth-order valence-electron chi connectivity index (χ4n) is 7.11. The molecule has 3 fully saturated rings.